The van der Waals surface area contributed by atoms with E-state index < -0.39 is 0 Å². The van der Waals surface area contributed by atoms with Gasteiger partial charge in [-0.15, -0.1) is 0 Å². The standard InChI is InChI=1S/C6H14BNO3/c1-6(4-9)11-3-2-8(7)5-10/h5-6,9H,2-4,7H2,1H3. The molecule has 0 aliphatic rings. The molecule has 64 valence electrons. The van der Waals surface area contributed by atoms with Crippen molar-refractivity contribution in [3.8, 4) is 0 Å². The summed E-state index contributed by atoms with van der Waals surface area (Å²) in [4.78, 5) is 11.6. The summed E-state index contributed by atoms with van der Waals surface area (Å²) in [5.41, 5.74) is 0. The van der Waals surface area contributed by atoms with Crippen LogP contribution in [-0.4, -0.2) is 50.2 Å². The molecule has 0 heterocycles. The highest BCUT2D eigenvalue weighted by atomic mass is 16.5. The molecular weight excluding hydrogens is 145 g/mol. The lowest BCUT2D eigenvalue weighted by atomic mass is 10.3. The lowest BCUT2D eigenvalue weighted by Gasteiger charge is -2.13. The predicted molar refractivity (Wildman–Crippen MR) is 43.8 cm³/mol. The Morgan fingerprint density at radius 1 is 1.82 bits per heavy atom. The SMILES string of the molecule is BN(C=O)CCOC(C)CO. The number of carbonyl (C=O) groups excluding carboxylic acids is 1. The Bertz CT molecular complexity index is 112. The minimum absolute atomic E-state index is 0.0187. The number of ether oxygens (including phenoxy) is 1. The Hall–Kier alpha value is -0.545. The highest BCUT2D eigenvalue weighted by Gasteiger charge is 1.99. The van der Waals surface area contributed by atoms with Crippen molar-refractivity contribution in [2.24, 2.45) is 0 Å². The van der Waals surface area contributed by atoms with Crippen molar-refractivity contribution in [1.29, 1.82) is 0 Å². The maximum atomic E-state index is 10.1. The van der Waals surface area contributed by atoms with Crippen molar-refractivity contribution >= 4 is 14.4 Å². The van der Waals surface area contributed by atoms with Gasteiger partial charge in [0, 0.05) is 6.54 Å². The minimum atomic E-state index is -0.143. The molecule has 11 heavy (non-hydrogen) atoms. The number of aliphatic hydroxyl groups excluding tert-OH is 1. The zero-order valence-corrected chi connectivity index (χ0v) is 6.99. The van der Waals surface area contributed by atoms with Gasteiger partial charge in [-0.3, -0.25) is 4.79 Å². The van der Waals surface area contributed by atoms with Gasteiger partial charge in [0.2, 0.25) is 7.98 Å². The first-order chi connectivity index (χ1) is 5.20. The van der Waals surface area contributed by atoms with Gasteiger partial charge in [-0.1, -0.05) is 0 Å². The van der Waals surface area contributed by atoms with E-state index in [1.165, 1.54) is 4.81 Å². The van der Waals surface area contributed by atoms with E-state index in [1.807, 2.05) is 0 Å². The third-order valence-electron chi connectivity index (χ3n) is 1.28. The maximum absolute atomic E-state index is 10.1. The van der Waals surface area contributed by atoms with Gasteiger partial charge in [0.05, 0.1) is 19.3 Å². The molecule has 0 aromatic rings. The topological polar surface area (TPSA) is 49.8 Å². The van der Waals surface area contributed by atoms with Crippen LogP contribution in [0, 0.1) is 0 Å². The number of nitrogens with zero attached hydrogens (tertiary/aromatic N) is 1. The summed E-state index contributed by atoms with van der Waals surface area (Å²) in [7, 11) is 1.68. The summed E-state index contributed by atoms with van der Waals surface area (Å²) in [6, 6.07) is 0. The number of rotatable bonds is 6. The average Bonchev–Trinajstić information content (AvgIpc) is 2.04. The van der Waals surface area contributed by atoms with Crippen LogP contribution >= 0.6 is 0 Å². The van der Waals surface area contributed by atoms with Gasteiger partial charge < -0.3 is 14.7 Å². The third kappa shape index (κ3) is 5.88. The second kappa shape index (κ2) is 6.18. The number of aliphatic hydroxyl groups is 1. The molecule has 1 atom stereocenters. The Balaban J connectivity index is 3.19. The van der Waals surface area contributed by atoms with Gasteiger partial charge in [-0.2, -0.15) is 0 Å². The molecule has 5 heteroatoms. The van der Waals surface area contributed by atoms with E-state index in [1.54, 1.807) is 14.9 Å². The van der Waals surface area contributed by atoms with Gasteiger partial charge in [-0.05, 0) is 6.92 Å². The average molecular weight is 159 g/mol. The fourth-order valence-corrected chi connectivity index (χ4v) is 0.503. The van der Waals surface area contributed by atoms with Crippen molar-refractivity contribution in [2.45, 2.75) is 13.0 Å². The molecule has 0 rings (SSSR count). The zero-order valence-electron chi connectivity index (χ0n) is 6.99. The molecule has 0 saturated carbocycles. The molecule has 1 unspecified atom stereocenters. The van der Waals surface area contributed by atoms with Crippen LogP contribution in [0.3, 0.4) is 0 Å². The van der Waals surface area contributed by atoms with Crippen LogP contribution in [0.2, 0.25) is 0 Å². The van der Waals surface area contributed by atoms with Gasteiger partial charge in [-0.25, -0.2) is 0 Å². The van der Waals surface area contributed by atoms with Gasteiger partial charge >= 0.3 is 0 Å². The van der Waals surface area contributed by atoms with Crippen LogP contribution in [-0.2, 0) is 9.53 Å². The van der Waals surface area contributed by atoms with Crippen LogP contribution in [0.5, 0.6) is 0 Å². The number of hydrogen-bond acceptors (Lipinski definition) is 3. The molecule has 0 spiro atoms. The molecule has 0 fully saturated rings. The van der Waals surface area contributed by atoms with Crippen molar-refractivity contribution < 1.29 is 14.6 Å². The second-order valence-corrected chi connectivity index (χ2v) is 2.45. The lowest BCUT2D eigenvalue weighted by Crippen LogP contribution is -2.25. The summed E-state index contributed by atoms with van der Waals surface area (Å²) >= 11 is 0. The van der Waals surface area contributed by atoms with E-state index in [0.29, 0.717) is 13.2 Å². The number of hydrogen-bond donors (Lipinski definition) is 1. The zero-order chi connectivity index (χ0) is 8.69. The van der Waals surface area contributed by atoms with Crippen LogP contribution in [0.1, 0.15) is 6.92 Å². The summed E-state index contributed by atoms with van der Waals surface area (Å²) in [6.45, 7) is 2.83. The first-order valence-corrected chi connectivity index (χ1v) is 3.58. The van der Waals surface area contributed by atoms with E-state index in [-0.39, 0.29) is 12.7 Å². The molecule has 0 aliphatic heterocycles. The fourth-order valence-electron chi connectivity index (χ4n) is 0.503. The van der Waals surface area contributed by atoms with Crippen LogP contribution in [0.4, 0.5) is 0 Å². The van der Waals surface area contributed by atoms with E-state index >= 15 is 0 Å². The highest BCUT2D eigenvalue weighted by Crippen LogP contribution is 1.87. The number of amides is 1. The van der Waals surface area contributed by atoms with Gasteiger partial charge in [0.15, 0.2) is 6.41 Å². The maximum Gasteiger partial charge on any atom is 0.220 e. The second-order valence-electron chi connectivity index (χ2n) is 2.45. The van der Waals surface area contributed by atoms with E-state index in [9.17, 15) is 4.79 Å². The molecule has 0 aromatic heterocycles. The van der Waals surface area contributed by atoms with E-state index in [2.05, 4.69) is 0 Å². The largest absolute Gasteiger partial charge is 0.394 e. The van der Waals surface area contributed by atoms with Crippen molar-refractivity contribution in [3.05, 3.63) is 0 Å². The van der Waals surface area contributed by atoms with Crippen LogP contribution < -0.4 is 0 Å². The van der Waals surface area contributed by atoms with E-state index in [4.69, 9.17) is 9.84 Å². The van der Waals surface area contributed by atoms with Crippen molar-refractivity contribution in [1.82, 2.24) is 4.81 Å². The van der Waals surface area contributed by atoms with Gasteiger partial charge in [0.1, 0.15) is 0 Å². The molecule has 1 amide bonds. The van der Waals surface area contributed by atoms with Crippen LogP contribution in [0.25, 0.3) is 0 Å². The first kappa shape index (κ1) is 10.5. The smallest absolute Gasteiger partial charge is 0.220 e. The van der Waals surface area contributed by atoms with Crippen molar-refractivity contribution in [3.63, 3.8) is 0 Å². The molecule has 1 N–H and O–H groups in total. The normalized spacial score (nSPS) is 12.5. The Morgan fingerprint density at radius 3 is 2.91 bits per heavy atom. The molecule has 0 radical (unpaired) electrons. The summed E-state index contributed by atoms with van der Waals surface area (Å²) in [6.07, 6.45) is 0.600. The Morgan fingerprint density at radius 2 is 2.45 bits per heavy atom. The minimum Gasteiger partial charge on any atom is -0.394 e. The molecular formula is C6H14BNO3. The van der Waals surface area contributed by atoms with Gasteiger partial charge in [0.25, 0.3) is 0 Å². The molecule has 0 bridgehead atoms. The quantitative estimate of drug-likeness (QED) is 0.374. The molecule has 0 aliphatic carbocycles. The Labute approximate surface area is 67.6 Å². The lowest BCUT2D eigenvalue weighted by molar-refractivity contribution is -0.114. The monoisotopic (exact) mass is 159 g/mol. The summed E-state index contributed by atoms with van der Waals surface area (Å²) in [5, 5.41) is 8.55. The van der Waals surface area contributed by atoms with E-state index in [0.717, 1.165) is 6.41 Å². The first-order valence-electron chi connectivity index (χ1n) is 3.58. The van der Waals surface area contributed by atoms with Crippen molar-refractivity contribution in [2.75, 3.05) is 19.8 Å². The molecule has 0 aromatic carbocycles. The highest BCUT2D eigenvalue weighted by molar-refractivity contribution is 6.10. The van der Waals surface area contributed by atoms with Crippen LogP contribution in [0.15, 0.2) is 0 Å². The molecule has 0 saturated heterocycles. The third-order valence-corrected chi connectivity index (χ3v) is 1.28. The summed E-state index contributed by atoms with van der Waals surface area (Å²) < 4.78 is 5.11. The fraction of sp³-hybridized carbons (Fsp3) is 0.833. The summed E-state index contributed by atoms with van der Waals surface area (Å²) in [5.74, 6) is 0. The Kier molecular flexibility index (Phi) is 5.88. The predicted octanol–water partition coefficient (Wildman–Crippen LogP) is -1.61. The molecule has 4 nitrogen and oxygen atoms in total. The number of carbonyl (C=O) groups is 1.